The molecule has 2 heterocycles. The molecule has 5 aromatic rings. The standard InChI is InChI=1S/C28H22N6O2/c35-25(18-17-24-12-7-19-36-24)20-13-15-23(16-14-20)31-28-33-26(29-21-8-3-1-4-9-21)32-27(34-28)30-22-10-5-2-6-11-22/h1-19H,(H3,29,30,31,32,33,34)/b18-17+. The lowest BCUT2D eigenvalue weighted by Gasteiger charge is -2.11. The number of carbonyl (C=O) groups is 1. The molecular weight excluding hydrogens is 452 g/mol. The third-order valence-electron chi connectivity index (χ3n) is 5.06. The smallest absolute Gasteiger partial charge is 0.233 e. The van der Waals surface area contributed by atoms with Gasteiger partial charge in [-0.2, -0.15) is 15.0 Å². The maximum Gasteiger partial charge on any atom is 0.233 e. The molecule has 8 heteroatoms. The molecule has 0 amide bonds. The number of allylic oxidation sites excluding steroid dienone is 1. The Morgan fingerprint density at radius 1 is 0.611 bits per heavy atom. The van der Waals surface area contributed by atoms with Crippen molar-refractivity contribution in [3.05, 3.63) is 121 Å². The van der Waals surface area contributed by atoms with E-state index in [9.17, 15) is 4.79 Å². The van der Waals surface area contributed by atoms with E-state index in [4.69, 9.17) is 4.42 Å². The number of carbonyl (C=O) groups excluding carboxylic acids is 1. The molecule has 36 heavy (non-hydrogen) atoms. The molecule has 0 aliphatic heterocycles. The first-order valence-corrected chi connectivity index (χ1v) is 11.2. The molecule has 0 spiro atoms. The number of anilines is 6. The third kappa shape index (κ3) is 6.00. The van der Waals surface area contributed by atoms with E-state index in [0.29, 0.717) is 29.2 Å². The molecule has 176 valence electrons. The van der Waals surface area contributed by atoms with Gasteiger partial charge in [-0.3, -0.25) is 4.79 Å². The Morgan fingerprint density at radius 2 is 1.11 bits per heavy atom. The van der Waals surface area contributed by atoms with Crippen LogP contribution in [0.2, 0.25) is 0 Å². The second-order valence-electron chi connectivity index (χ2n) is 7.70. The molecule has 3 N–H and O–H groups in total. The zero-order chi connectivity index (χ0) is 24.6. The van der Waals surface area contributed by atoms with Gasteiger partial charge in [-0.1, -0.05) is 36.4 Å². The van der Waals surface area contributed by atoms with Gasteiger partial charge >= 0.3 is 0 Å². The van der Waals surface area contributed by atoms with Crippen LogP contribution in [0.3, 0.4) is 0 Å². The van der Waals surface area contributed by atoms with Crippen LogP contribution in [0.15, 0.2) is 114 Å². The predicted molar refractivity (Wildman–Crippen MR) is 141 cm³/mol. The Hall–Kier alpha value is -5.24. The highest BCUT2D eigenvalue weighted by Gasteiger charge is 2.09. The minimum atomic E-state index is -0.123. The molecule has 0 radical (unpaired) electrons. The fourth-order valence-electron chi connectivity index (χ4n) is 3.33. The Morgan fingerprint density at radius 3 is 1.58 bits per heavy atom. The number of rotatable bonds is 9. The van der Waals surface area contributed by atoms with Crippen LogP contribution in [-0.2, 0) is 0 Å². The molecule has 0 unspecified atom stereocenters. The third-order valence-corrected chi connectivity index (χ3v) is 5.06. The summed E-state index contributed by atoms with van der Waals surface area (Å²) in [6.45, 7) is 0. The number of nitrogens with one attached hydrogen (secondary N) is 3. The molecule has 0 atom stereocenters. The molecule has 0 bridgehead atoms. The first-order valence-electron chi connectivity index (χ1n) is 11.2. The van der Waals surface area contributed by atoms with Crippen molar-refractivity contribution in [3.8, 4) is 0 Å². The number of ketones is 1. The molecule has 0 saturated heterocycles. The number of furan rings is 1. The Labute approximate surface area is 207 Å². The van der Waals surface area contributed by atoms with Crippen LogP contribution in [0.1, 0.15) is 16.1 Å². The molecule has 2 aromatic heterocycles. The molecule has 0 aliphatic rings. The maximum atomic E-state index is 12.4. The van der Waals surface area contributed by atoms with Gasteiger partial charge in [0.2, 0.25) is 17.8 Å². The second kappa shape index (κ2) is 10.8. The molecule has 8 nitrogen and oxygen atoms in total. The van der Waals surface area contributed by atoms with E-state index < -0.39 is 0 Å². The van der Waals surface area contributed by atoms with Gasteiger partial charge in [0, 0.05) is 22.6 Å². The highest BCUT2D eigenvalue weighted by atomic mass is 16.3. The van der Waals surface area contributed by atoms with Crippen LogP contribution in [0.5, 0.6) is 0 Å². The number of hydrogen-bond donors (Lipinski definition) is 3. The van der Waals surface area contributed by atoms with Crippen molar-refractivity contribution in [3.63, 3.8) is 0 Å². The van der Waals surface area contributed by atoms with E-state index in [1.165, 1.54) is 6.08 Å². The van der Waals surface area contributed by atoms with Crippen LogP contribution in [0, 0.1) is 0 Å². The Kier molecular flexibility index (Phi) is 6.76. The average molecular weight is 475 g/mol. The quantitative estimate of drug-likeness (QED) is 0.162. The van der Waals surface area contributed by atoms with Gasteiger partial charge in [-0.05, 0) is 72.8 Å². The predicted octanol–water partition coefficient (Wildman–Crippen LogP) is 6.59. The lowest BCUT2D eigenvalue weighted by molar-refractivity contribution is 0.104. The SMILES string of the molecule is O=C(/C=C/c1ccco1)c1ccc(Nc2nc(Nc3ccccc3)nc(Nc3ccccc3)n2)cc1. The second-order valence-corrected chi connectivity index (χ2v) is 7.70. The average Bonchev–Trinajstić information content (AvgIpc) is 3.43. The molecule has 0 aliphatic carbocycles. The monoisotopic (exact) mass is 474 g/mol. The van der Waals surface area contributed by atoms with E-state index in [0.717, 1.165) is 17.1 Å². The van der Waals surface area contributed by atoms with Gasteiger partial charge in [-0.15, -0.1) is 0 Å². The van der Waals surface area contributed by atoms with E-state index in [2.05, 4.69) is 30.9 Å². The summed E-state index contributed by atoms with van der Waals surface area (Å²) in [6, 6.07) is 29.9. The van der Waals surface area contributed by atoms with Gasteiger partial charge in [0.15, 0.2) is 5.78 Å². The fourth-order valence-corrected chi connectivity index (χ4v) is 3.33. The van der Waals surface area contributed by atoms with Crippen molar-refractivity contribution < 1.29 is 9.21 Å². The van der Waals surface area contributed by atoms with E-state index in [-0.39, 0.29) is 5.78 Å². The van der Waals surface area contributed by atoms with Crippen LogP contribution in [0.4, 0.5) is 34.9 Å². The van der Waals surface area contributed by atoms with Gasteiger partial charge in [0.1, 0.15) is 5.76 Å². The summed E-state index contributed by atoms with van der Waals surface area (Å²) in [4.78, 5) is 26.0. The zero-order valence-electron chi connectivity index (χ0n) is 19.1. The summed E-state index contributed by atoms with van der Waals surface area (Å²) in [5, 5.41) is 9.60. The summed E-state index contributed by atoms with van der Waals surface area (Å²) < 4.78 is 5.22. The minimum absolute atomic E-state index is 0.123. The zero-order valence-corrected chi connectivity index (χ0v) is 19.1. The van der Waals surface area contributed by atoms with Crippen molar-refractivity contribution in [2.75, 3.05) is 16.0 Å². The van der Waals surface area contributed by atoms with Crippen molar-refractivity contribution in [1.29, 1.82) is 0 Å². The van der Waals surface area contributed by atoms with Crippen LogP contribution >= 0.6 is 0 Å². The van der Waals surface area contributed by atoms with Gasteiger partial charge in [0.05, 0.1) is 6.26 Å². The Bertz CT molecular complexity index is 1390. The summed E-state index contributed by atoms with van der Waals surface area (Å²) in [5.41, 5.74) is 2.98. The number of hydrogen-bond acceptors (Lipinski definition) is 8. The maximum absolute atomic E-state index is 12.4. The first kappa shape index (κ1) is 22.5. The number of aromatic nitrogens is 3. The fraction of sp³-hybridized carbons (Fsp3) is 0. The van der Waals surface area contributed by atoms with Crippen molar-refractivity contribution in [1.82, 2.24) is 15.0 Å². The first-order chi connectivity index (χ1) is 17.7. The Balaban J connectivity index is 1.35. The van der Waals surface area contributed by atoms with Crippen LogP contribution < -0.4 is 16.0 Å². The molecule has 0 fully saturated rings. The van der Waals surface area contributed by atoms with E-state index in [1.807, 2.05) is 60.7 Å². The van der Waals surface area contributed by atoms with Gasteiger partial charge in [0.25, 0.3) is 0 Å². The molecule has 3 aromatic carbocycles. The lowest BCUT2D eigenvalue weighted by atomic mass is 10.1. The minimum Gasteiger partial charge on any atom is -0.465 e. The van der Waals surface area contributed by atoms with Gasteiger partial charge < -0.3 is 20.4 Å². The summed E-state index contributed by atoms with van der Waals surface area (Å²) in [7, 11) is 0. The highest BCUT2D eigenvalue weighted by molar-refractivity contribution is 6.06. The summed E-state index contributed by atoms with van der Waals surface area (Å²) in [5.74, 6) is 1.61. The van der Waals surface area contributed by atoms with E-state index in [1.54, 1.807) is 48.7 Å². The number of nitrogens with zero attached hydrogens (tertiary/aromatic N) is 3. The largest absolute Gasteiger partial charge is 0.465 e. The van der Waals surface area contributed by atoms with Crippen molar-refractivity contribution >= 4 is 46.8 Å². The molecule has 5 rings (SSSR count). The van der Waals surface area contributed by atoms with E-state index >= 15 is 0 Å². The van der Waals surface area contributed by atoms with Crippen LogP contribution in [0.25, 0.3) is 6.08 Å². The molecular formula is C28H22N6O2. The molecule has 0 saturated carbocycles. The highest BCUT2D eigenvalue weighted by Crippen LogP contribution is 2.21. The lowest BCUT2D eigenvalue weighted by Crippen LogP contribution is -2.07. The van der Waals surface area contributed by atoms with Crippen molar-refractivity contribution in [2.45, 2.75) is 0 Å². The van der Waals surface area contributed by atoms with Crippen molar-refractivity contribution in [2.24, 2.45) is 0 Å². The van der Waals surface area contributed by atoms with Crippen LogP contribution in [-0.4, -0.2) is 20.7 Å². The summed E-state index contributed by atoms with van der Waals surface area (Å²) in [6.07, 6.45) is 4.69. The topological polar surface area (TPSA) is 105 Å². The van der Waals surface area contributed by atoms with Gasteiger partial charge in [-0.25, -0.2) is 0 Å². The summed E-state index contributed by atoms with van der Waals surface area (Å²) >= 11 is 0. The normalized spacial score (nSPS) is 10.8. The number of para-hydroxylation sites is 2. The number of benzene rings is 3.